The number of methoxy groups -OCH3 is 1. The van der Waals surface area contributed by atoms with Gasteiger partial charge in [-0.05, 0) is 55.2 Å². The molecular weight excluding hydrogens is 404 g/mol. The summed E-state index contributed by atoms with van der Waals surface area (Å²) in [5, 5.41) is 18.4. The number of allylic oxidation sites excluding steroid dienone is 1. The van der Waals surface area contributed by atoms with Crippen LogP contribution in [0.15, 0.2) is 72.4 Å². The lowest BCUT2D eigenvalue weighted by Gasteiger charge is -2.13. The second-order valence-corrected chi connectivity index (χ2v) is 7.28. The number of anilines is 5. The van der Waals surface area contributed by atoms with E-state index in [1.54, 1.807) is 43.6 Å². The molecule has 0 bridgehead atoms. The first-order valence-corrected chi connectivity index (χ1v) is 10.2. The van der Waals surface area contributed by atoms with Gasteiger partial charge in [0.15, 0.2) is 0 Å². The lowest BCUT2D eigenvalue weighted by molar-refractivity contribution is -0.112. The Kier molecular flexibility index (Phi) is 6.28. The number of benzene rings is 2. The first-order chi connectivity index (χ1) is 15.6. The number of aromatic nitrogens is 2. The summed E-state index contributed by atoms with van der Waals surface area (Å²) in [6, 6.07) is 18.6. The Bertz CT molecular complexity index is 1180. The first kappa shape index (κ1) is 20.9. The summed E-state index contributed by atoms with van der Waals surface area (Å²) in [7, 11) is 1.55. The average Bonchev–Trinajstić information content (AvgIpc) is 3.63. The molecule has 0 aliphatic heterocycles. The number of amides is 1. The quantitative estimate of drug-likeness (QED) is 0.351. The number of nitrogens with one attached hydrogen (secondary N) is 3. The highest BCUT2D eigenvalue weighted by atomic mass is 16.5. The monoisotopic (exact) mass is 426 g/mol. The largest absolute Gasteiger partial charge is 0.495 e. The molecule has 0 unspecified atom stereocenters. The fraction of sp³-hybridized carbons (Fsp3) is 0.167. The van der Waals surface area contributed by atoms with Crippen LogP contribution in [0, 0.1) is 17.2 Å². The minimum absolute atomic E-state index is 0.126. The Balaban J connectivity index is 1.51. The van der Waals surface area contributed by atoms with Gasteiger partial charge < -0.3 is 20.7 Å². The van der Waals surface area contributed by atoms with Gasteiger partial charge in [-0.15, -0.1) is 0 Å². The summed E-state index contributed by atoms with van der Waals surface area (Å²) < 4.78 is 5.42. The first-order valence-electron chi connectivity index (χ1n) is 10.2. The lowest BCUT2D eigenvalue weighted by Crippen LogP contribution is -2.14. The summed E-state index contributed by atoms with van der Waals surface area (Å²) in [4.78, 5) is 21.2. The van der Waals surface area contributed by atoms with Crippen molar-refractivity contribution in [1.29, 1.82) is 5.26 Å². The molecule has 1 aromatic heterocycles. The third kappa shape index (κ3) is 5.40. The molecule has 3 aromatic rings. The Labute approximate surface area is 186 Å². The molecule has 3 N–H and O–H groups in total. The number of hydrogen-bond donors (Lipinski definition) is 3. The number of nitrogens with zero attached hydrogens (tertiary/aromatic N) is 3. The molecule has 32 heavy (non-hydrogen) atoms. The molecule has 0 radical (unpaired) electrons. The van der Waals surface area contributed by atoms with E-state index >= 15 is 0 Å². The maximum atomic E-state index is 12.5. The van der Waals surface area contributed by atoms with Crippen LogP contribution in [0.25, 0.3) is 0 Å². The summed E-state index contributed by atoms with van der Waals surface area (Å²) in [5.74, 6) is 1.44. The van der Waals surface area contributed by atoms with Crippen LogP contribution < -0.4 is 20.7 Å². The third-order valence-corrected chi connectivity index (χ3v) is 4.80. The van der Waals surface area contributed by atoms with Gasteiger partial charge in [-0.3, -0.25) is 4.79 Å². The zero-order chi connectivity index (χ0) is 22.3. The van der Waals surface area contributed by atoms with Crippen LogP contribution in [-0.2, 0) is 4.79 Å². The van der Waals surface area contributed by atoms with Crippen molar-refractivity contribution in [3.63, 3.8) is 0 Å². The van der Waals surface area contributed by atoms with Crippen LogP contribution in [0.2, 0.25) is 0 Å². The molecule has 1 aliphatic rings. The molecule has 0 atom stereocenters. The molecule has 1 amide bonds. The van der Waals surface area contributed by atoms with Gasteiger partial charge in [0.05, 0.1) is 12.8 Å². The number of rotatable bonds is 8. The van der Waals surface area contributed by atoms with Crippen molar-refractivity contribution in [2.24, 2.45) is 5.92 Å². The topological polar surface area (TPSA) is 112 Å². The van der Waals surface area contributed by atoms with Crippen LogP contribution in [-0.4, -0.2) is 23.0 Å². The van der Waals surface area contributed by atoms with Crippen LogP contribution in [0.1, 0.15) is 12.8 Å². The summed E-state index contributed by atoms with van der Waals surface area (Å²) >= 11 is 0. The second kappa shape index (κ2) is 9.62. The van der Waals surface area contributed by atoms with Crippen molar-refractivity contribution >= 4 is 34.7 Å². The Morgan fingerprint density at radius 1 is 1.12 bits per heavy atom. The van der Waals surface area contributed by atoms with E-state index < -0.39 is 5.91 Å². The van der Waals surface area contributed by atoms with Crippen molar-refractivity contribution in [3.05, 3.63) is 72.4 Å². The zero-order valence-corrected chi connectivity index (χ0v) is 17.5. The maximum Gasteiger partial charge on any atom is 0.265 e. The van der Waals surface area contributed by atoms with Crippen molar-refractivity contribution in [2.75, 3.05) is 23.1 Å². The molecule has 1 fully saturated rings. The molecule has 8 nitrogen and oxygen atoms in total. The van der Waals surface area contributed by atoms with Gasteiger partial charge in [0, 0.05) is 17.6 Å². The highest BCUT2D eigenvalue weighted by Gasteiger charge is 2.22. The molecule has 0 saturated heterocycles. The molecule has 1 heterocycles. The van der Waals surface area contributed by atoms with E-state index in [1.807, 2.05) is 36.4 Å². The van der Waals surface area contributed by atoms with E-state index in [0.29, 0.717) is 34.8 Å². The van der Waals surface area contributed by atoms with Crippen LogP contribution in [0.3, 0.4) is 0 Å². The van der Waals surface area contributed by atoms with E-state index in [0.717, 1.165) is 18.5 Å². The van der Waals surface area contributed by atoms with Gasteiger partial charge in [-0.2, -0.15) is 10.2 Å². The molecule has 1 saturated carbocycles. The molecular formula is C24H22N6O2. The Hall–Kier alpha value is -4.38. The number of para-hydroxylation sites is 1. The molecule has 1 aliphatic carbocycles. The predicted molar refractivity (Wildman–Crippen MR) is 123 cm³/mol. The predicted octanol–water partition coefficient (Wildman–Crippen LogP) is 4.77. The lowest BCUT2D eigenvalue weighted by atomic mass is 10.2. The Morgan fingerprint density at radius 2 is 1.94 bits per heavy atom. The van der Waals surface area contributed by atoms with Gasteiger partial charge in [0.25, 0.3) is 5.91 Å². The van der Waals surface area contributed by atoms with E-state index in [-0.39, 0.29) is 5.57 Å². The summed E-state index contributed by atoms with van der Waals surface area (Å²) in [6.07, 6.45) is 5.41. The number of hydrogen-bond acceptors (Lipinski definition) is 7. The van der Waals surface area contributed by atoms with Gasteiger partial charge in [-0.25, -0.2) is 4.98 Å². The third-order valence-electron chi connectivity index (χ3n) is 4.80. The number of nitriles is 1. The summed E-state index contributed by atoms with van der Waals surface area (Å²) in [5.41, 5.74) is 2.13. The molecule has 0 spiro atoms. The van der Waals surface area contributed by atoms with E-state index in [1.165, 1.54) is 0 Å². The number of ether oxygens (including phenoxy) is 1. The highest BCUT2D eigenvalue weighted by Crippen LogP contribution is 2.32. The number of carbonyl (C=O) groups is 1. The molecule has 8 heteroatoms. The second-order valence-electron chi connectivity index (χ2n) is 7.28. The van der Waals surface area contributed by atoms with Crippen LogP contribution in [0.5, 0.6) is 5.75 Å². The van der Waals surface area contributed by atoms with Crippen molar-refractivity contribution in [1.82, 2.24) is 9.97 Å². The minimum atomic E-state index is -0.430. The van der Waals surface area contributed by atoms with Gasteiger partial charge in [-0.1, -0.05) is 24.3 Å². The van der Waals surface area contributed by atoms with Gasteiger partial charge in [0.2, 0.25) is 5.95 Å². The van der Waals surface area contributed by atoms with Gasteiger partial charge in [0.1, 0.15) is 23.2 Å². The normalized spacial score (nSPS) is 13.1. The van der Waals surface area contributed by atoms with Crippen molar-refractivity contribution in [2.45, 2.75) is 12.8 Å². The highest BCUT2D eigenvalue weighted by molar-refractivity contribution is 6.06. The number of carbonyl (C=O) groups excluding carboxylic acids is 1. The van der Waals surface area contributed by atoms with Gasteiger partial charge >= 0.3 is 0 Å². The fourth-order valence-electron chi connectivity index (χ4n) is 3.02. The van der Waals surface area contributed by atoms with Crippen molar-refractivity contribution < 1.29 is 9.53 Å². The van der Waals surface area contributed by atoms with Crippen molar-refractivity contribution in [3.8, 4) is 11.8 Å². The molecule has 4 rings (SSSR count). The maximum absolute atomic E-state index is 12.5. The van der Waals surface area contributed by atoms with Crippen LogP contribution in [0.4, 0.5) is 28.8 Å². The standard InChI is InChI=1S/C24H22N6O2/c1-32-21-10-9-19(28-23(31)17(15-25)13-16-7-8-16)14-20(21)29-24-26-12-11-22(30-24)27-18-5-3-2-4-6-18/h2-6,9-14,16H,7-8H2,1H3,(H,28,31)(H2,26,27,29,30)/b17-13-. The van der Waals surface area contributed by atoms with Crippen LogP contribution >= 0.6 is 0 Å². The Morgan fingerprint density at radius 3 is 2.66 bits per heavy atom. The SMILES string of the molecule is COc1ccc(NC(=O)/C(C#N)=C\C2CC2)cc1Nc1nccc(Nc2ccccc2)n1. The average molecular weight is 426 g/mol. The molecule has 2 aromatic carbocycles. The summed E-state index contributed by atoms with van der Waals surface area (Å²) in [6.45, 7) is 0. The zero-order valence-electron chi connectivity index (χ0n) is 17.5. The minimum Gasteiger partial charge on any atom is -0.495 e. The van der Waals surface area contributed by atoms with E-state index in [4.69, 9.17) is 4.74 Å². The fourth-order valence-corrected chi connectivity index (χ4v) is 3.02. The smallest absolute Gasteiger partial charge is 0.265 e. The van der Waals surface area contributed by atoms with E-state index in [2.05, 4.69) is 25.9 Å². The van der Waals surface area contributed by atoms with E-state index in [9.17, 15) is 10.1 Å². The molecule has 160 valence electrons.